The number of aliphatic hydroxyl groups excluding tert-OH is 1. The quantitative estimate of drug-likeness (QED) is 0.356. The standard InChI is InChI=1S/C29H37N5O7S/c1-18-15-34(19(2)17-35)27(36)14-22-13-24(31-29(37)30-23-9-7-6-8-10-23)11-12-25(22)40-26(18)16-33(5)42(38,39)28-20(3)32-41-21(28)4/h6-13,18-19,26,35H,14-17H2,1-5H3,(H2,30,31,37)/t18-,19-,26+/m1/s1. The second kappa shape index (κ2) is 12.9. The monoisotopic (exact) mass is 599 g/mol. The molecule has 1 aromatic heterocycles. The fourth-order valence-corrected chi connectivity index (χ4v) is 6.36. The molecule has 226 valence electrons. The number of para-hydroxylation sites is 1. The first-order valence-electron chi connectivity index (χ1n) is 13.6. The van der Waals surface area contributed by atoms with E-state index in [1.165, 1.54) is 11.4 Å². The van der Waals surface area contributed by atoms with E-state index < -0.39 is 28.2 Å². The zero-order chi connectivity index (χ0) is 30.6. The first-order chi connectivity index (χ1) is 19.9. The van der Waals surface area contributed by atoms with Crippen molar-refractivity contribution in [3.8, 4) is 5.75 Å². The third-order valence-corrected chi connectivity index (χ3v) is 9.35. The normalized spacial score (nSPS) is 18.4. The second-order valence-electron chi connectivity index (χ2n) is 10.6. The lowest BCUT2D eigenvalue weighted by Crippen LogP contribution is -2.48. The van der Waals surface area contributed by atoms with Crippen molar-refractivity contribution >= 4 is 33.3 Å². The number of nitrogens with zero attached hydrogens (tertiary/aromatic N) is 3. The Morgan fingerprint density at radius 2 is 1.86 bits per heavy atom. The van der Waals surface area contributed by atoms with Gasteiger partial charge >= 0.3 is 6.03 Å². The molecule has 2 aromatic carbocycles. The largest absolute Gasteiger partial charge is 0.488 e. The number of aromatic nitrogens is 1. The van der Waals surface area contributed by atoms with Gasteiger partial charge in [0.05, 0.1) is 25.6 Å². The van der Waals surface area contributed by atoms with Crippen LogP contribution in [0.2, 0.25) is 0 Å². The Balaban J connectivity index is 1.63. The SMILES string of the molecule is Cc1noc(C)c1S(=O)(=O)N(C)C[C@@H]1Oc2ccc(NC(=O)Nc3ccccc3)cc2CC(=O)N([C@H](C)CO)C[C@H]1C. The Bertz CT molecular complexity index is 1510. The summed E-state index contributed by atoms with van der Waals surface area (Å²) in [6.45, 7) is 6.71. The summed E-state index contributed by atoms with van der Waals surface area (Å²) in [6.07, 6.45) is -0.703. The average Bonchev–Trinajstić information content (AvgIpc) is 3.31. The number of rotatable bonds is 8. The summed E-state index contributed by atoms with van der Waals surface area (Å²) in [6, 6.07) is 13.0. The number of carbonyl (C=O) groups excluding carboxylic acids is 2. The molecule has 13 heteroatoms. The van der Waals surface area contributed by atoms with E-state index in [1.54, 1.807) is 68.1 Å². The van der Waals surface area contributed by atoms with E-state index in [9.17, 15) is 23.1 Å². The van der Waals surface area contributed by atoms with Crippen LogP contribution in [0.25, 0.3) is 0 Å². The number of carbonyl (C=O) groups is 2. The molecule has 3 aromatic rings. The number of ether oxygens (including phenoxy) is 1. The van der Waals surface area contributed by atoms with E-state index in [-0.39, 0.29) is 54.3 Å². The Morgan fingerprint density at radius 1 is 1.17 bits per heavy atom. The minimum absolute atomic E-state index is 0.0105. The van der Waals surface area contributed by atoms with Crippen LogP contribution in [0.15, 0.2) is 57.9 Å². The molecule has 12 nitrogen and oxygen atoms in total. The fraction of sp³-hybridized carbons (Fsp3) is 0.414. The van der Waals surface area contributed by atoms with Crippen molar-refractivity contribution in [2.45, 2.75) is 51.2 Å². The summed E-state index contributed by atoms with van der Waals surface area (Å²) < 4.78 is 39.6. The van der Waals surface area contributed by atoms with Crippen LogP contribution in [0.3, 0.4) is 0 Å². The van der Waals surface area contributed by atoms with Gasteiger partial charge in [-0.15, -0.1) is 0 Å². The number of sulfonamides is 1. The number of urea groups is 1. The molecule has 0 spiro atoms. The van der Waals surface area contributed by atoms with E-state index in [2.05, 4.69) is 15.8 Å². The first kappa shape index (κ1) is 31.0. The number of nitrogens with one attached hydrogen (secondary N) is 2. The molecule has 1 aliphatic rings. The van der Waals surface area contributed by atoms with Crippen LogP contribution in [-0.4, -0.2) is 78.7 Å². The highest BCUT2D eigenvalue weighted by molar-refractivity contribution is 7.89. The Morgan fingerprint density at radius 3 is 2.50 bits per heavy atom. The summed E-state index contributed by atoms with van der Waals surface area (Å²) in [4.78, 5) is 27.7. The zero-order valence-corrected chi connectivity index (χ0v) is 25.1. The van der Waals surface area contributed by atoms with Crippen LogP contribution < -0.4 is 15.4 Å². The minimum Gasteiger partial charge on any atom is -0.488 e. The summed E-state index contributed by atoms with van der Waals surface area (Å²) in [5.74, 6) is 0.0519. The van der Waals surface area contributed by atoms with Crippen molar-refractivity contribution in [3.63, 3.8) is 0 Å². The minimum atomic E-state index is -3.96. The molecule has 0 bridgehead atoms. The molecule has 0 saturated heterocycles. The van der Waals surface area contributed by atoms with Gasteiger partial charge < -0.3 is 29.9 Å². The van der Waals surface area contributed by atoms with Crippen LogP contribution in [0.4, 0.5) is 16.2 Å². The van der Waals surface area contributed by atoms with Crippen molar-refractivity contribution in [3.05, 3.63) is 65.5 Å². The topological polar surface area (TPSA) is 154 Å². The molecule has 42 heavy (non-hydrogen) atoms. The predicted octanol–water partition coefficient (Wildman–Crippen LogP) is 3.41. The van der Waals surface area contributed by atoms with E-state index >= 15 is 0 Å². The highest BCUT2D eigenvalue weighted by Crippen LogP contribution is 2.30. The lowest BCUT2D eigenvalue weighted by atomic mass is 10.0. The number of hydrogen-bond acceptors (Lipinski definition) is 8. The van der Waals surface area contributed by atoms with Crippen molar-refractivity contribution in [2.24, 2.45) is 5.92 Å². The Kier molecular flexibility index (Phi) is 9.54. The van der Waals surface area contributed by atoms with Crippen LogP contribution >= 0.6 is 0 Å². The highest BCUT2D eigenvalue weighted by Gasteiger charge is 2.35. The van der Waals surface area contributed by atoms with Gasteiger partial charge in [0.1, 0.15) is 22.4 Å². The van der Waals surface area contributed by atoms with Gasteiger partial charge in [-0.3, -0.25) is 4.79 Å². The molecular weight excluding hydrogens is 562 g/mol. The van der Waals surface area contributed by atoms with Gasteiger partial charge in [0.25, 0.3) is 0 Å². The van der Waals surface area contributed by atoms with E-state index in [4.69, 9.17) is 9.26 Å². The van der Waals surface area contributed by atoms with Crippen molar-refractivity contribution in [1.82, 2.24) is 14.4 Å². The van der Waals surface area contributed by atoms with Crippen molar-refractivity contribution in [1.29, 1.82) is 0 Å². The predicted molar refractivity (Wildman–Crippen MR) is 157 cm³/mol. The smallest absolute Gasteiger partial charge is 0.323 e. The summed E-state index contributed by atoms with van der Waals surface area (Å²) in [5, 5.41) is 19.2. The maximum atomic E-state index is 13.5. The van der Waals surface area contributed by atoms with Gasteiger partial charge in [-0.1, -0.05) is 30.3 Å². The van der Waals surface area contributed by atoms with Gasteiger partial charge in [0.15, 0.2) is 5.76 Å². The molecule has 3 N–H and O–H groups in total. The lowest BCUT2D eigenvalue weighted by molar-refractivity contribution is -0.134. The summed E-state index contributed by atoms with van der Waals surface area (Å²) >= 11 is 0. The molecule has 0 fully saturated rings. The lowest BCUT2D eigenvalue weighted by Gasteiger charge is -2.33. The van der Waals surface area contributed by atoms with Gasteiger partial charge in [-0.05, 0) is 51.1 Å². The van der Waals surface area contributed by atoms with E-state index in [1.807, 2.05) is 13.0 Å². The maximum Gasteiger partial charge on any atom is 0.323 e. The Labute approximate surface area is 245 Å². The number of benzene rings is 2. The van der Waals surface area contributed by atoms with E-state index in [0.29, 0.717) is 22.7 Å². The number of aliphatic hydroxyl groups is 1. The molecule has 4 rings (SSSR count). The molecule has 1 aliphatic heterocycles. The third-order valence-electron chi connectivity index (χ3n) is 7.28. The number of hydrogen-bond donors (Lipinski definition) is 3. The Hall–Kier alpha value is -3.94. The van der Waals surface area contributed by atoms with Crippen LogP contribution in [0.5, 0.6) is 5.75 Å². The molecule has 0 saturated carbocycles. The molecule has 3 atom stereocenters. The maximum absolute atomic E-state index is 13.5. The number of amides is 3. The average molecular weight is 600 g/mol. The van der Waals surface area contributed by atoms with Crippen LogP contribution in [0.1, 0.15) is 30.9 Å². The van der Waals surface area contributed by atoms with Gasteiger partial charge in [-0.2, -0.15) is 4.31 Å². The van der Waals surface area contributed by atoms with Crippen LogP contribution in [0, 0.1) is 19.8 Å². The molecule has 0 aliphatic carbocycles. The van der Waals surface area contributed by atoms with Gasteiger partial charge in [-0.25, -0.2) is 13.2 Å². The highest BCUT2D eigenvalue weighted by atomic mass is 32.2. The van der Waals surface area contributed by atoms with E-state index in [0.717, 1.165) is 0 Å². The molecule has 0 unspecified atom stereocenters. The third kappa shape index (κ3) is 6.92. The number of likely N-dealkylation sites (N-methyl/N-ethyl adjacent to an activating group) is 1. The van der Waals surface area contributed by atoms with Crippen molar-refractivity contribution < 1.29 is 32.4 Å². The number of aryl methyl sites for hydroxylation is 2. The fourth-order valence-electron chi connectivity index (χ4n) is 4.89. The molecule has 2 heterocycles. The van der Waals surface area contributed by atoms with Crippen molar-refractivity contribution in [2.75, 3.05) is 37.4 Å². The number of anilines is 2. The number of fused-ring (bicyclic) bond motifs is 1. The molecule has 3 amide bonds. The summed E-state index contributed by atoms with van der Waals surface area (Å²) in [5.41, 5.74) is 1.85. The second-order valence-corrected chi connectivity index (χ2v) is 12.6. The first-order valence-corrected chi connectivity index (χ1v) is 15.1. The van der Waals surface area contributed by atoms with Gasteiger partial charge in [0, 0.05) is 36.4 Å². The zero-order valence-electron chi connectivity index (χ0n) is 24.3. The molecule has 0 radical (unpaired) electrons. The molecular formula is C29H37N5O7S. The summed E-state index contributed by atoms with van der Waals surface area (Å²) in [7, 11) is -2.50. The van der Waals surface area contributed by atoms with Gasteiger partial charge in [0.2, 0.25) is 15.9 Å². The van der Waals surface area contributed by atoms with Crippen LogP contribution in [-0.2, 0) is 21.2 Å².